The number of carbonyl (C=O) groups is 12. The van der Waals surface area contributed by atoms with Crippen LogP contribution < -0.4 is 86.7 Å². The van der Waals surface area contributed by atoms with Gasteiger partial charge in [0.1, 0.15) is 60.1 Å². The Bertz CT molecular complexity index is 4110. The van der Waals surface area contributed by atoms with Gasteiger partial charge in [-0.05, 0) is 116 Å². The molecule has 0 unspecified atom stereocenters. The molecule has 4 aromatic carbocycles. The number of rotatable bonds is 58. The number of carboxylic acids is 1. The number of fused-ring (bicyclic) bond motifs is 1. The molecule has 2 heterocycles. The first kappa shape index (κ1) is 101. The number of primary amides is 1. The monoisotopic (exact) mass is 1730 g/mol. The van der Waals surface area contributed by atoms with Crippen molar-refractivity contribution in [3.8, 4) is 5.75 Å². The van der Waals surface area contributed by atoms with Gasteiger partial charge in [-0.3, -0.25) is 73.9 Å². The van der Waals surface area contributed by atoms with Gasteiger partial charge in [0.15, 0.2) is 17.9 Å². The quantitative estimate of drug-likeness (QED) is 0.0171. The highest BCUT2D eigenvalue weighted by Crippen LogP contribution is 2.24. The standard InChI is InChI=1S/C88H136N22O14/c1-4-5-6-7-8-9-10-11-12-13-14-15-16-22-44-108-46-48-109(49-47-108)57-76(114)100-65(31-23-41-96-86(90)91)77(115)99-56-75(113)101-69(53-60-36-39-64(111)40-37-60)80(118)106-71(54-61-35-38-62-29-20-21-30-63(62)51-61)82(120)104-68(50-58(2)3)79(117)105-70(52-59-27-18-17-19-28-59)81(119)103-67(33-25-43-98-88(94)95)84(122)110-45-26-34-73(110)83(121)102-66(32-24-42-97-87(92)93)78(116)107-72(85(123)124)55-74(89)112/h17-21,27-30,35-40,51,58,65-73,111H,4-16,22-26,31-34,41-50,52-57H2,1-3H3,(H2,89,112)(H,99,115)(H,100,114)(H,101,113)(H,102,121)(H,103,119)(H,104,120)(H,105,117)(H,106,118)(H,107,116)(H,123,124)(H4,90,91,96)(H4,92,93,97)(H4,94,95,98)/t65-,66-,67-,68-,69-,70-,71-,72-,73-/m0/s1. The number of unbranched alkanes of at least 4 members (excludes halogenated alkanes) is 13. The number of nitrogens with one attached hydrogen (secondary N) is 15. The third-order valence-corrected chi connectivity index (χ3v) is 22.0. The Morgan fingerprint density at radius 2 is 0.871 bits per heavy atom. The van der Waals surface area contributed by atoms with Gasteiger partial charge >= 0.3 is 5.97 Å². The van der Waals surface area contributed by atoms with Crippen LogP contribution in [-0.4, -0.2) is 240 Å². The van der Waals surface area contributed by atoms with E-state index in [1.165, 1.54) is 101 Å². The molecule has 0 radical (unpaired) electrons. The molecule has 0 spiro atoms. The number of guanidine groups is 3. The van der Waals surface area contributed by atoms with E-state index in [1.807, 2.05) is 41.3 Å². The SMILES string of the molecule is CCCCCCCCCCCCCCCCN1CCN(CC(=O)N[C@@H](CCCNC(=N)N)C(=O)NCC(=O)N[C@@H](Cc2ccc(O)cc2)C(=O)N[C@@H](Cc2ccc3ccccc3c2)C(=O)N[C@@H](CC(C)C)C(=O)N[C@@H](Cc2ccccc2)C(=O)N[C@@H](CCCNC(=N)N)C(=O)N2CCC[C@H]2C(=O)N[C@@H](CCCNC(=N)N)C(=O)N[C@@H](CC(N)=O)C(=O)O)CC1. The third-order valence-electron chi connectivity index (χ3n) is 22.0. The number of amides is 11. The molecule has 124 heavy (non-hydrogen) atoms. The first-order valence-electron chi connectivity index (χ1n) is 43.9. The second-order valence-electron chi connectivity index (χ2n) is 32.8. The highest BCUT2D eigenvalue weighted by molar-refractivity contribution is 5.99. The first-order valence-corrected chi connectivity index (χ1v) is 43.9. The fraction of sp³-hybridized carbons (Fsp3) is 0.580. The van der Waals surface area contributed by atoms with E-state index in [9.17, 15) is 43.8 Å². The Hall–Kier alpha value is -11.7. The predicted molar refractivity (Wildman–Crippen MR) is 474 cm³/mol. The Morgan fingerprint density at radius 3 is 1.40 bits per heavy atom. The molecular weight excluding hydrogens is 1590 g/mol. The number of phenols is 1. The minimum atomic E-state index is -1.76. The number of aliphatic carboxylic acids is 1. The molecule has 6 rings (SSSR count). The van der Waals surface area contributed by atoms with Crippen molar-refractivity contribution in [3.05, 3.63) is 114 Å². The maximum Gasteiger partial charge on any atom is 0.326 e. The molecule has 2 fully saturated rings. The van der Waals surface area contributed by atoms with Crippen molar-refractivity contribution in [2.75, 3.05) is 72.0 Å². The number of phenolic OH excluding ortho intramolecular Hbond substituents is 1. The zero-order chi connectivity index (χ0) is 90.3. The Labute approximate surface area is 727 Å². The summed E-state index contributed by atoms with van der Waals surface area (Å²) in [5, 5.41) is 77.2. The van der Waals surface area contributed by atoms with Crippen LogP contribution >= 0.6 is 0 Å². The summed E-state index contributed by atoms with van der Waals surface area (Å²) in [5.74, 6) is -11.9. The van der Waals surface area contributed by atoms with Gasteiger partial charge in [0.2, 0.25) is 65.0 Å². The van der Waals surface area contributed by atoms with Crippen molar-refractivity contribution in [2.45, 2.75) is 249 Å². The summed E-state index contributed by atoms with van der Waals surface area (Å²) in [4.78, 5) is 176. The number of hydrogen-bond donors (Lipinski definition) is 21. The van der Waals surface area contributed by atoms with Crippen LogP contribution in [0, 0.1) is 22.1 Å². The van der Waals surface area contributed by atoms with Gasteiger partial charge < -0.3 is 107 Å². The molecule has 36 heteroatoms. The van der Waals surface area contributed by atoms with Crippen molar-refractivity contribution in [1.29, 1.82) is 16.2 Å². The average molecular weight is 1730 g/mol. The van der Waals surface area contributed by atoms with E-state index >= 15 is 24.0 Å². The molecule has 0 bridgehead atoms. The topological polar surface area (TPSA) is 575 Å². The van der Waals surface area contributed by atoms with E-state index in [4.69, 9.17) is 39.2 Å². The van der Waals surface area contributed by atoms with Crippen LogP contribution in [0.25, 0.3) is 10.8 Å². The number of nitrogens with zero attached hydrogens (tertiary/aromatic N) is 3. The number of likely N-dealkylation sites (tertiary alicyclic amines) is 1. The van der Waals surface area contributed by atoms with Crippen LogP contribution in [0.1, 0.15) is 192 Å². The van der Waals surface area contributed by atoms with Crippen molar-refractivity contribution in [2.24, 2.45) is 28.9 Å². The molecule has 9 atom stereocenters. The molecular formula is C88H136N22O14. The van der Waals surface area contributed by atoms with Crippen molar-refractivity contribution < 1.29 is 67.7 Å². The Kier molecular flexibility index (Phi) is 45.2. The van der Waals surface area contributed by atoms with Gasteiger partial charge in [-0.15, -0.1) is 0 Å². The number of piperazine rings is 1. The molecule has 4 aromatic rings. The lowest BCUT2D eigenvalue weighted by Crippen LogP contribution is -2.61. The fourth-order valence-electron chi connectivity index (χ4n) is 15.2. The van der Waals surface area contributed by atoms with Gasteiger partial charge in [0, 0.05) is 71.6 Å². The molecule has 11 amide bonds. The molecule has 0 aliphatic carbocycles. The molecule has 0 saturated carbocycles. The van der Waals surface area contributed by atoms with Crippen molar-refractivity contribution in [3.63, 3.8) is 0 Å². The molecule has 36 nitrogen and oxygen atoms in total. The second-order valence-corrected chi connectivity index (χ2v) is 32.8. The lowest BCUT2D eigenvalue weighted by atomic mass is 9.98. The number of aromatic hydroxyl groups is 1. The smallest absolute Gasteiger partial charge is 0.326 e. The molecule has 2 aliphatic heterocycles. The minimum absolute atomic E-state index is 0.00322. The number of carboxylic acid groups (broad SMARTS) is 1. The molecule has 0 aromatic heterocycles. The van der Waals surface area contributed by atoms with Gasteiger partial charge in [-0.2, -0.15) is 0 Å². The van der Waals surface area contributed by atoms with E-state index in [0.29, 0.717) is 36.2 Å². The van der Waals surface area contributed by atoms with Crippen LogP contribution in [0.2, 0.25) is 0 Å². The van der Waals surface area contributed by atoms with Crippen LogP contribution in [-0.2, 0) is 76.8 Å². The number of nitrogens with two attached hydrogens (primary N) is 4. The normalized spacial score (nSPS) is 15.4. The molecule has 682 valence electrons. The van der Waals surface area contributed by atoms with Crippen LogP contribution in [0.4, 0.5) is 0 Å². The van der Waals surface area contributed by atoms with Crippen molar-refractivity contribution >= 4 is 99.6 Å². The summed E-state index contributed by atoms with van der Waals surface area (Å²) in [6.45, 7) is 9.47. The maximum atomic E-state index is 15.4. The van der Waals surface area contributed by atoms with Gasteiger partial charge in [-0.1, -0.05) is 189 Å². The van der Waals surface area contributed by atoms with Gasteiger partial charge in [0.25, 0.3) is 0 Å². The van der Waals surface area contributed by atoms with E-state index in [2.05, 4.69) is 75.6 Å². The largest absolute Gasteiger partial charge is 0.508 e. The summed E-state index contributed by atoms with van der Waals surface area (Å²) >= 11 is 0. The number of hydrogen-bond acceptors (Lipinski definition) is 18. The zero-order valence-corrected chi connectivity index (χ0v) is 72.3. The molecule has 2 aliphatic rings. The third kappa shape index (κ3) is 38.8. The van der Waals surface area contributed by atoms with Gasteiger partial charge in [0.05, 0.1) is 19.5 Å². The second kappa shape index (κ2) is 55.4. The molecule has 2 saturated heterocycles. The van der Waals surface area contributed by atoms with Gasteiger partial charge in [-0.25, -0.2) is 4.79 Å². The Morgan fingerprint density at radius 1 is 0.435 bits per heavy atom. The summed E-state index contributed by atoms with van der Waals surface area (Å²) in [5.41, 5.74) is 23.5. The zero-order valence-electron chi connectivity index (χ0n) is 72.3. The summed E-state index contributed by atoms with van der Waals surface area (Å²) in [6, 6.07) is 14.6. The first-order chi connectivity index (χ1) is 59.4. The predicted octanol–water partition coefficient (Wildman–Crippen LogP) is 2.45. The molecule has 25 N–H and O–H groups in total. The highest BCUT2D eigenvalue weighted by Gasteiger charge is 2.41. The van der Waals surface area contributed by atoms with E-state index in [0.717, 1.165) is 36.8 Å². The number of benzene rings is 4. The number of carbonyl (C=O) groups excluding carboxylic acids is 11. The maximum absolute atomic E-state index is 15.4. The fourth-order valence-corrected chi connectivity index (χ4v) is 15.2. The van der Waals surface area contributed by atoms with Crippen LogP contribution in [0.5, 0.6) is 5.75 Å². The van der Waals surface area contributed by atoms with Crippen LogP contribution in [0.3, 0.4) is 0 Å². The van der Waals surface area contributed by atoms with E-state index in [1.54, 1.807) is 62.4 Å². The lowest BCUT2D eigenvalue weighted by Gasteiger charge is -2.34. The van der Waals surface area contributed by atoms with Crippen LogP contribution in [0.15, 0.2) is 97.1 Å². The van der Waals surface area contributed by atoms with E-state index in [-0.39, 0.29) is 133 Å². The van der Waals surface area contributed by atoms with E-state index < -0.39 is 138 Å². The summed E-state index contributed by atoms with van der Waals surface area (Å²) in [7, 11) is 0. The lowest BCUT2D eigenvalue weighted by molar-refractivity contribution is -0.144. The Balaban J connectivity index is 1.19. The highest BCUT2D eigenvalue weighted by atomic mass is 16.4. The van der Waals surface area contributed by atoms with Crippen molar-refractivity contribution in [1.82, 2.24) is 78.5 Å². The minimum Gasteiger partial charge on any atom is -0.508 e. The summed E-state index contributed by atoms with van der Waals surface area (Å²) in [6.07, 6.45) is 17.5. The summed E-state index contributed by atoms with van der Waals surface area (Å²) < 4.78 is 0. The average Bonchev–Trinajstić information content (AvgIpc) is 1.57.